The topological polar surface area (TPSA) is 54.4 Å². The van der Waals surface area contributed by atoms with E-state index in [4.69, 9.17) is 14.2 Å². The van der Waals surface area contributed by atoms with Crippen LogP contribution in [0, 0.1) is 0 Å². The van der Waals surface area contributed by atoms with Crippen LogP contribution < -0.4 is 9.47 Å². The van der Waals surface area contributed by atoms with E-state index in [0.717, 1.165) is 44.2 Å². The second-order valence-corrected chi connectivity index (χ2v) is 5.99. The van der Waals surface area contributed by atoms with Crippen molar-refractivity contribution in [3.05, 3.63) is 24.3 Å². The van der Waals surface area contributed by atoms with Crippen LogP contribution in [0.1, 0.15) is 6.92 Å². The van der Waals surface area contributed by atoms with E-state index in [2.05, 4.69) is 16.7 Å². The van der Waals surface area contributed by atoms with Crippen molar-refractivity contribution < 1.29 is 19.3 Å². The molecule has 24 heavy (non-hydrogen) atoms. The Morgan fingerprint density at radius 3 is 2.50 bits per heavy atom. The zero-order chi connectivity index (χ0) is 17.2. The van der Waals surface area contributed by atoms with E-state index in [9.17, 15) is 5.11 Å². The molecule has 1 aromatic carbocycles. The number of piperazine rings is 1. The summed E-state index contributed by atoms with van der Waals surface area (Å²) in [6.45, 7) is 9.42. The Kier molecular flexibility index (Phi) is 8.32. The standard InChI is InChI=1S/C18H30N2O4/c1-3-19-7-9-20(10-8-19)14-16(21)15-23-11-12-24-18-6-4-5-17(13-18)22-2/h4-6,13,16,21H,3,7-12,14-15H2,1-2H3/t16-/m1/s1. The Morgan fingerprint density at radius 2 is 1.79 bits per heavy atom. The normalized spacial score (nSPS) is 17.6. The number of ether oxygens (including phenoxy) is 3. The van der Waals surface area contributed by atoms with Crippen LogP contribution in [-0.4, -0.2) is 87.2 Å². The van der Waals surface area contributed by atoms with Gasteiger partial charge in [-0.1, -0.05) is 13.0 Å². The zero-order valence-electron chi connectivity index (χ0n) is 14.8. The van der Waals surface area contributed by atoms with E-state index >= 15 is 0 Å². The van der Waals surface area contributed by atoms with Crippen LogP contribution in [0.5, 0.6) is 11.5 Å². The van der Waals surface area contributed by atoms with Crippen LogP contribution in [0.3, 0.4) is 0 Å². The number of likely N-dealkylation sites (N-methyl/N-ethyl adjacent to an activating group) is 1. The van der Waals surface area contributed by atoms with E-state index in [1.54, 1.807) is 7.11 Å². The van der Waals surface area contributed by atoms with Crippen molar-refractivity contribution in [2.75, 3.05) is 66.2 Å². The molecule has 0 spiro atoms. The highest BCUT2D eigenvalue weighted by Crippen LogP contribution is 2.18. The Labute approximate surface area is 144 Å². The van der Waals surface area contributed by atoms with Gasteiger partial charge in [-0.15, -0.1) is 0 Å². The molecule has 1 aliphatic rings. The first-order valence-electron chi connectivity index (χ1n) is 8.68. The highest BCUT2D eigenvalue weighted by molar-refractivity contribution is 5.32. The molecule has 0 bridgehead atoms. The maximum Gasteiger partial charge on any atom is 0.123 e. The summed E-state index contributed by atoms with van der Waals surface area (Å²) in [6.07, 6.45) is -0.449. The van der Waals surface area contributed by atoms with Gasteiger partial charge in [-0.25, -0.2) is 0 Å². The van der Waals surface area contributed by atoms with Crippen molar-refractivity contribution in [1.82, 2.24) is 9.80 Å². The lowest BCUT2D eigenvalue weighted by molar-refractivity contribution is 0.000381. The predicted molar refractivity (Wildman–Crippen MR) is 93.9 cm³/mol. The quantitative estimate of drug-likeness (QED) is 0.645. The average Bonchev–Trinajstić information content (AvgIpc) is 2.62. The minimum absolute atomic E-state index is 0.343. The number of hydrogen-bond acceptors (Lipinski definition) is 6. The lowest BCUT2D eigenvalue weighted by atomic mass is 10.2. The molecule has 1 aliphatic heterocycles. The van der Waals surface area contributed by atoms with Gasteiger partial charge in [0, 0.05) is 38.8 Å². The third-order valence-corrected chi connectivity index (χ3v) is 4.23. The molecule has 2 rings (SSSR count). The van der Waals surface area contributed by atoms with E-state index in [0.29, 0.717) is 26.4 Å². The second-order valence-electron chi connectivity index (χ2n) is 5.99. The molecule has 1 atom stereocenters. The molecule has 0 unspecified atom stereocenters. The van der Waals surface area contributed by atoms with E-state index < -0.39 is 6.10 Å². The van der Waals surface area contributed by atoms with E-state index in [1.807, 2.05) is 24.3 Å². The Morgan fingerprint density at radius 1 is 1.08 bits per heavy atom. The summed E-state index contributed by atoms with van der Waals surface area (Å²) in [5.41, 5.74) is 0. The predicted octanol–water partition coefficient (Wildman–Crippen LogP) is 1.09. The first-order valence-corrected chi connectivity index (χ1v) is 8.68. The molecule has 136 valence electrons. The molecule has 1 heterocycles. The molecule has 1 N–H and O–H groups in total. The van der Waals surface area contributed by atoms with Gasteiger partial charge in [0.05, 0.1) is 26.4 Å². The lowest BCUT2D eigenvalue weighted by Crippen LogP contribution is -2.48. The molecular weight excluding hydrogens is 308 g/mol. The summed E-state index contributed by atoms with van der Waals surface area (Å²) in [5.74, 6) is 1.53. The summed E-state index contributed by atoms with van der Waals surface area (Å²) >= 11 is 0. The molecule has 0 amide bonds. The fraction of sp³-hybridized carbons (Fsp3) is 0.667. The number of aliphatic hydroxyl groups excluding tert-OH is 1. The number of hydrogen-bond donors (Lipinski definition) is 1. The third kappa shape index (κ3) is 6.65. The van der Waals surface area contributed by atoms with Crippen molar-refractivity contribution in [3.63, 3.8) is 0 Å². The maximum absolute atomic E-state index is 10.1. The minimum Gasteiger partial charge on any atom is -0.497 e. The lowest BCUT2D eigenvalue weighted by Gasteiger charge is -2.34. The van der Waals surface area contributed by atoms with Gasteiger partial charge in [-0.05, 0) is 18.7 Å². The van der Waals surface area contributed by atoms with Crippen LogP contribution in [0.15, 0.2) is 24.3 Å². The zero-order valence-corrected chi connectivity index (χ0v) is 14.8. The molecule has 0 aliphatic carbocycles. The summed E-state index contributed by atoms with van der Waals surface area (Å²) in [6, 6.07) is 7.48. The third-order valence-electron chi connectivity index (χ3n) is 4.23. The smallest absolute Gasteiger partial charge is 0.123 e. The van der Waals surface area contributed by atoms with Crippen LogP contribution in [0.4, 0.5) is 0 Å². The van der Waals surface area contributed by atoms with Gasteiger partial charge < -0.3 is 24.2 Å². The van der Waals surface area contributed by atoms with Gasteiger partial charge in [0.1, 0.15) is 18.1 Å². The second kappa shape index (κ2) is 10.5. The number of benzene rings is 1. The first kappa shape index (κ1) is 19.0. The van der Waals surface area contributed by atoms with Crippen molar-refractivity contribution in [1.29, 1.82) is 0 Å². The first-order chi connectivity index (χ1) is 11.7. The summed E-state index contributed by atoms with van der Waals surface area (Å²) in [5, 5.41) is 10.1. The van der Waals surface area contributed by atoms with Gasteiger partial charge in [-0.2, -0.15) is 0 Å². The number of rotatable bonds is 10. The summed E-state index contributed by atoms with van der Waals surface area (Å²) < 4.78 is 16.3. The molecule has 6 nitrogen and oxygen atoms in total. The van der Waals surface area contributed by atoms with Gasteiger partial charge in [0.25, 0.3) is 0 Å². The van der Waals surface area contributed by atoms with E-state index in [1.165, 1.54) is 0 Å². The molecule has 0 saturated carbocycles. The molecule has 6 heteroatoms. The Bertz CT molecular complexity index is 464. The molecular formula is C18H30N2O4. The SMILES string of the molecule is CCN1CCN(C[C@@H](O)COCCOc2cccc(OC)c2)CC1. The van der Waals surface area contributed by atoms with Crippen LogP contribution in [0.2, 0.25) is 0 Å². The molecule has 0 radical (unpaired) electrons. The van der Waals surface area contributed by atoms with Crippen molar-refractivity contribution in [2.45, 2.75) is 13.0 Å². The van der Waals surface area contributed by atoms with E-state index in [-0.39, 0.29) is 0 Å². The van der Waals surface area contributed by atoms with Crippen LogP contribution in [-0.2, 0) is 4.74 Å². The highest BCUT2D eigenvalue weighted by atomic mass is 16.5. The largest absolute Gasteiger partial charge is 0.497 e. The van der Waals surface area contributed by atoms with Crippen LogP contribution >= 0.6 is 0 Å². The van der Waals surface area contributed by atoms with Gasteiger partial charge >= 0.3 is 0 Å². The maximum atomic E-state index is 10.1. The number of aliphatic hydroxyl groups is 1. The summed E-state index contributed by atoms with van der Waals surface area (Å²) in [7, 11) is 1.63. The number of nitrogens with zero attached hydrogens (tertiary/aromatic N) is 2. The monoisotopic (exact) mass is 338 g/mol. The van der Waals surface area contributed by atoms with Gasteiger partial charge in [0.15, 0.2) is 0 Å². The number of β-amino-alcohol motifs (C(OH)–C–C–N with tert-alkyl or cyclic N) is 1. The van der Waals surface area contributed by atoms with Crippen molar-refractivity contribution in [2.24, 2.45) is 0 Å². The average molecular weight is 338 g/mol. The van der Waals surface area contributed by atoms with Crippen molar-refractivity contribution in [3.8, 4) is 11.5 Å². The van der Waals surface area contributed by atoms with Gasteiger partial charge in [0.2, 0.25) is 0 Å². The summed E-state index contributed by atoms with van der Waals surface area (Å²) in [4.78, 5) is 4.72. The Balaban J connectivity index is 1.54. The minimum atomic E-state index is -0.449. The number of methoxy groups -OCH3 is 1. The highest BCUT2D eigenvalue weighted by Gasteiger charge is 2.18. The van der Waals surface area contributed by atoms with Crippen molar-refractivity contribution >= 4 is 0 Å². The van der Waals surface area contributed by atoms with Crippen LogP contribution in [0.25, 0.3) is 0 Å². The molecule has 1 saturated heterocycles. The van der Waals surface area contributed by atoms with Gasteiger partial charge in [-0.3, -0.25) is 4.90 Å². The fourth-order valence-electron chi connectivity index (χ4n) is 2.77. The fourth-order valence-corrected chi connectivity index (χ4v) is 2.77. The Hall–Kier alpha value is -1.34. The molecule has 0 aromatic heterocycles. The molecule has 1 fully saturated rings. The molecule has 1 aromatic rings.